The topological polar surface area (TPSA) is 52.5 Å². The molecule has 3 heteroatoms. The van der Waals surface area contributed by atoms with Crippen LogP contribution in [0.2, 0.25) is 0 Å². The van der Waals surface area contributed by atoms with E-state index in [1.165, 1.54) is 19.3 Å². The first-order valence-corrected chi connectivity index (χ1v) is 7.27. The highest BCUT2D eigenvalue weighted by Crippen LogP contribution is 2.53. The molecule has 1 saturated heterocycles. The third-order valence-corrected chi connectivity index (χ3v) is 5.80. The lowest BCUT2D eigenvalue weighted by molar-refractivity contribution is -0.159. The average molecular weight is 239 g/mol. The van der Waals surface area contributed by atoms with E-state index in [4.69, 9.17) is 0 Å². The number of hydrogen-bond donors (Lipinski definition) is 3. The van der Waals surface area contributed by atoms with Gasteiger partial charge in [0, 0.05) is 11.5 Å². The van der Waals surface area contributed by atoms with Crippen LogP contribution in [0.4, 0.5) is 0 Å². The Morgan fingerprint density at radius 1 is 1.12 bits per heavy atom. The highest BCUT2D eigenvalue weighted by atomic mass is 16.3. The predicted molar refractivity (Wildman–Crippen MR) is 66.7 cm³/mol. The van der Waals surface area contributed by atoms with Crippen LogP contribution in [0.15, 0.2) is 0 Å². The van der Waals surface area contributed by atoms with Gasteiger partial charge in [0.15, 0.2) is 0 Å². The van der Waals surface area contributed by atoms with E-state index in [0.29, 0.717) is 0 Å². The highest BCUT2D eigenvalue weighted by molar-refractivity contribution is 5.11. The number of piperidine rings is 1. The summed E-state index contributed by atoms with van der Waals surface area (Å²) in [6.07, 6.45) is 8.74. The van der Waals surface area contributed by atoms with Gasteiger partial charge in [-0.2, -0.15) is 0 Å². The predicted octanol–water partition coefficient (Wildman–Crippen LogP) is 1.43. The molecule has 2 aliphatic carbocycles. The van der Waals surface area contributed by atoms with E-state index in [9.17, 15) is 10.2 Å². The van der Waals surface area contributed by atoms with Crippen LogP contribution in [0.1, 0.15) is 51.4 Å². The molecular formula is C14H25NO2. The van der Waals surface area contributed by atoms with E-state index >= 15 is 0 Å². The molecule has 17 heavy (non-hydrogen) atoms. The molecule has 3 rings (SSSR count). The largest absolute Gasteiger partial charge is 0.396 e. The third-order valence-electron chi connectivity index (χ3n) is 5.80. The lowest BCUT2D eigenvalue weighted by atomic mass is 9.59. The molecule has 3 N–H and O–H groups in total. The molecule has 0 radical (unpaired) electrons. The van der Waals surface area contributed by atoms with Crippen molar-refractivity contribution in [3.63, 3.8) is 0 Å². The Bertz CT molecular complexity index is 288. The van der Waals surface area contributed by atoms with Gasteiger partial charge in [0.25, 0.3) is 0 Å². The second kappa shape index (κ2) is 4.22. The van der Waals surface area contributed by atoms with Crippen molar-refractivity contribution in [2.24, 2.45) is 11.3 Å². The molecule has 1 heterocycles. The van der Waals surface area contributed by atoms with Crippen LogP contribution in [0, 0.1) is 11.3 Å². The van der Waals surface area contributed by atoms with Gasteiger partial charge < -0.3 is 15.5 Å². The summed E-state index contributed by atoms with van der Waals surface area (Å²) in [6, 6.07) is 0.222. The first kappa shape index (κ1) is 11.9. The van der Waals surface area contributed by atoms with Gasteiger partial charge in [-0.3, -0.25) is 0 Å². The Hall–Kier alpha value is -0.120. The molecular weight excluding hydrogens is 214 g/mol. The van der Waals surface area contributed by atoms with Crippen LogP contribution in [0.25, 0.3) is 0 Å². The van der Waals surface area contributed by atoms with E-state index in [1.54, 1.807) is 0 Å². The number of aliphatic hydroxyl groups is 2. The molecule has 0 aromatic rings. The molecule has 2 saturated carbocycles. The van der Waals surface area contributed by atoms with Crippen LogP contribution in [0.3, 0.4) is 0 Å². The first-order chi connectivity index (χ1) is 8.20. The van der Waals surface area contributed by atoms with Gasteiger partial charge in [0.05, 0.1) is 12.2 Å². The minimum Gasteiger partial charge on any atom is -0.396 e. The molecule has 3 fully saturated rings. The molecule has 3 unspecified atom stereocenters. The van der Waals surface area contributed by atoms with Crippen molar-refractivity contribution in [2.75, 3.05) is 13.2 Å². The monoisotopic (exact) mass is 239 g/mol. The number of aliphatic hydroxyl groups excluding tert-OH is 1. The van der Waals surface area contributed by atoms with Crippen molar-refractivity contribution in [1.29, 1.82) is 0 Å². The summed E-state index contributed by atoms with van der Waals surface area (Å²) in [5.41, 5.74) is -0.873. The summed E-state index contributed by atoms with van der Waals surface area (Å²) in [5.74, 6) is 0.804. The van der Waals surface area contributed by atoms with Gasteiger partial charge in [-0.25, -0.2) is 0 Å². The molecule has 3 nitrogen and oxygen atoms in total. The van der Waals surface area contributed by atoms with E-state index in [-0.39, 0.29) is 18.1 Å². The van der Waals surface area contributed by atoms with Crippen molar-refractivity contribution in [1.82, 2.24) is 5.32 Å². The van der Waals surface area contributed by atoms with Gasteiger partial charge in [0.2, 0.25) is 0 Å². The van der Waals surface area contributed by atoms with Crippen molar-refractivity contribution in [3.05, 3.63) is 0 Å². The summed E-state index contributed by atoms with van der Waals surface area (Å²) in [5, 5.41) is 24.6. The highest BCUT2D eigenvalue weighted by Gasteiger charge is 2.57. The number of rotatable bonds is 2. The maximum absolute atomic E-state index is 11.2. The first-order valence-electron chi connectivity index (χ1n) is 7.27. The van der Waals surface area contributed by atoms with Crippen molar-refractivity contribution in [2.45, 2.75) is 63.0 Å². The smallest absolute Gasteiger partial charge is 0.0877 e. The Balaban J connectivity index is 1.88. The van der Waals surface area contributed by atoms with Crippen LogP contribution in [-0.2, 0) is 0 Å². The zero-order chi connectivity index (χ0) is 11.9. The molecule has 3 atom stereocenters. The van der Waals surface area contributed by atoms with Crippen LogP contribution < -0.4 is 5.32 Å². The number of nitrogens with one attached hydrogen (secondary N) is 1. The summed E-state index contributed by atoms with van der Waals surface area (Å²) in [7, 11) is 0. The van der Waals surface area contributed by atoms with Crippen LogP contribution in [0.5, 0.6) is 0 Å². The Morgan fingerprint density at radius 2 is 1.88 bits per heavy atom. The molecule has 98 valence electrons. The third kappa shape index (κ3) is 1.66. The molecule has 0 aromatic carbocycles. The lowest BCUT2D eigenvalue weighted by Gasteiger charge is -2.55. The number of hydrogen-bond acceptors (Lipinski definition) is 3. The minimum absolute atomic E-state index is 0.159. The quantitative estimate of drug-likeness (QED) is 0.683. The van der Waals surface area contributed by atoms with E-state index in [0.717, 1.165) is 44.6 Å². The van der Waals surface area contributed by atoms with Gasteiger partial charge in [-0.1, -0.05) is 12.8 Å². The molecule has 3 aliphatic rings. The fraction of sp³-hybridized carbons (Fsp3) is 1.00. The fourth-order valence-corrected chi connectivity index (χ4v) is 4.64. The SMILES string of the molecule is OCC1(C2(O)CCC3CCNC2C3)CCCC1. The van der Waals surface area contributed by atoms with Crippen molar-refractivity contribution >= 4 is 0 Å². The average Bonchev–Trinajstić information content (AvgIpc) is 2.85. The fourth-order valence-electron chi connectivity index (χ4n) is 4.64. The zero-order valence-electron chi connectivity index (χ0n) is 10.6. The molecule has 0 amide bonds. The van der Waals surface area contributed by atoms with E-state index < -0.39 is 5.60 Å². The Labute approximate surface area is 104 Å². The van der Waals surface area contributed by atoms with Crippen molar-refractivity contribution in [3.8, 4) is 0 Å². The maximum Gasteiger partial charge on any atom is 0.0877 e. The maximum atomic E-state index is 11.2. The summed E-state index contributed by atoms with van der Waals surface area (Å²) >= 11 is 0. The van der Waals surface area contributed by atoms with Crippen LogP contribution >= 0.6 is 0 Å². The van der Waals surface area contributed by atoms with Crippen molar-refractivity contribution < 1.29 is 10.2 Å². The van der Waals surface area contributed by atoms with E-state index in [1.807, 2.05) is 0 Å². The molecule has 0 aromatic heterocycles. The van der Waals surface area contributed by atoms with E-state index in [2.05, 4.69) is 5.32 Å². The van der Waals surface area contributed by atoms with Gasteiger partial charge in [0.1, 0.15) is 0 Å². The minimum atomic E-state index is -0.658. The van der Waals surface area contributed by atoms with Gasteiger partial charge >= 0.3 is 0 Å². The van der Waals surface area contributed by atoms with Gasteiger partial charge in [-0.15, -0.1) is 0 Å². The number of fused-ring (bicyclic) bond motifs is 2. The summed E-state index contributed by atoms with van der Waals surface area (Å²) in [4.78, 5) is 0. The standard InChI is InChI=1S/C14H25NO2/c16-10-13(5-1-2-6-13)14(17)7-3-11-4-8-15-12(14)9-11/h11-12,15-17H,1-10H2. The molecule has 1 aliphatic heterocycles. The summed E-state index contributed by atoms with van der Waals surface area (Å²) in [6.45, 7) is 1.20. The Kier molecular flexibility index (Phi) is 2.96. The zero-order valence-corrected chi connectivity index (χ0v) is 10.6. The second-order valence-corrected chi connectivity index (χ2v) is 6.51. The lowest BCUT2D eigenvalue weighted by Crippen LogP contribution is -2.65. The Morgan fingerprint density at radius 3 is 2.59 bits per heavy atom. The normalized spacial score (nSPS) is 44.8. The molecule has 0 spiro atoms. The molecule has 2 bridgehead atoms. The summed E-state index contributed by atoms with van der Waals surface area (Å²) < 4.78 is 0. The van der Waals surface area contributed by atoms with Gasteiger partial charge in [-0.05, 0) is 51.0 Å². The van der Waals surface area contributed by atoms with Crippen LogP contribution in [-0.4, -0.2) is 35.0 Å². The second-order valence-electron chi connectivity index (χ2n) is 6.51.